The summed E-state index contributed by atoms with van der Waals surface area (Å²) in [7, 11) is 0. The molecule has 0 aliphatic carbocycles. The summed E-state index contributed by atoms with van der Waals surface area (Å²) < 4.78 is 38.8. The highest BCUT2D eigenvalue weighted by Crippen LogP contribution is 2.35. The molecule has 1 heterocycles. The quantitative estimate of drug-likeness (QED) is 0.612. The molecule has 1 atom stereocenters. The lowest BCUT2D eigenvalue weighted by Gasteiger charge is -2.38. The van der Waals surface area contributed by atoms with Crippen LogP contribution in [0.2, 0.25) is 0 Å². The van der Waals surface area contributed by atoms with Gasteiger partial charge in [-0.15, -0.1) is 0 Å². The van der Waals surface area contributed by atoms with Crippen LogP contribution >= 0.6 is 0 Å². The van der Waals surface area contributed by atoms with Crippen molar-refractivity contribution >= 4 is 11.4 Å². The van der Waals surface area contributed by atoms with Crippen molar-refractivity contribution in [3.05, 3.63) is 34.4 Å². The van der Waals surface area contributed by atoms with Gasteiger partial charge in [0.25, 0.3) is 5.69 Å². The van der Waals surface area contributed by atoms with E-state index in [1.165, 1.54) is 29.2 Å². The first kappa shape index (κ1) is 13.6. The fourth-order valence-corrected chi connectivity index (χ4v) is 2.35. The molecule has 1 aromatic carbocycles. The molecule has 0 amide bonds. The second-order valence-corrected chi connectivity index (χ2v) is 4.52. The van der Waals surface area contributed by atoms with Crippen molar-refractivity contribution in [2.45, 2.75) is 31.5 Å². The minimum absolute atomic E-state index is 0.0699. The fourth-order valence-electron chi connectivity index (χ4n) is 2.35. The van der Waals surface area contributed by atoms with Crippen LogP contribution in [0.5, 0.6) is 0 Å². The minimum atomic E-state index is -4.28. The van der Waals surface area contributed by atoms with Crippen molar-refractivity contribution in [1.82, 2.24) is 0 Å². The first-order valence-electron chi connectivity index (χ1n) is 5.97. The summed E-state index contributed by atoms with van der Waals surface area (Å²) in [5.74, 6) is 0. The summed E-state index contributed by atoms with van der Waals surface area (Å²) >= 11 is 0. The van der Waals surface area contributed by atoms with Gasteiger partial charge in [0.2, 0.25) is 0 Å². The molecule has 19 heavy (non-hydrogen) atoms. The normalized spacial score (nSPS) is 20.4. The van der Waals surface area contributed by atoms with Crippen molar-refractivity contribution in [3.8, 4) is 0 Å². The Morgan fingerprint density at radius 2 is 1.84 bits per heavy atom. The number of halogens is 3. The smallest absolute Gasteiger partial charge is 0.360 e. The third-order valence-electron chi connectivity index (χ3n) is 3.27. The summed E-state index contributed by atoms with van der Waals surface area (Å²) in [6, 6.07) is 3.72. The monoisotopic (exact) mass is 274 g/mol. The molecule has 0 spiro atoms. The van der Waals surface area contributed by atoms with Gasteiger partial charge in [-0.05, 0) is 31.4 Å². The molecule has 7 heteroatoms. The number of alkyl halides is 3. The lowest BCUT2D eigenvalue weighted by atomic mass is 10.0. The van der Waals surface area contributed by atoms with Gasteiger partial charge in [0, 0.05) is 24.4 Å². The van der Waals surface area contributed by atoms with Crippen molar-refractivity contribution in [2.75, 3.05) is 11.4 Å². The maximum absolute atomic E-state index is 12.9. The molecule has 1 aromatic rings. The van der Waals surface area contributed by atoms with Crippen molar-refractivity contribution < 1.29 is 18.1 Å². The molecule has 1 aliphatic rings. The van der Waals surface area contributed by atoms with Crippen LogP contribution in [0.3, 0.4) is 0 Å². The molecule has 0 N–H and O–H groups in total. The van der Waals surface area contributed by atoms with E-state index in [0.717, 1.165) is 0 Å². The number of benzene rings is 1. The van der Waals surface area contributed by atoms with Gasteiger partial charge in [-0.25, -0.2) is 0 Å². The number of anilines is 1. The summed E-state index contributed by atoms with van der Waals surface area (Å²) in [5.41, 5.74) is 0.261. The van der Waals surface area contributed by atoms with Gasteiger partial charge >= 0.3 is 6.18 Å². The lowest BCUT2D eigenvalue weighted by molar-refractivity contribution is -0.384. The maximum Gasteiger partial charge on any atom is 0.408 e. The first-order chi connectivity index (χ1) is 8.89. The van der Waals surface area contributed by atoms with E-state index in [0.29, 0.717) is 25.1 Å². The van der Waals surface area contributed by atoms with E-state index in [-0.39, 0.29) is 12.1 Å². The third-order valence-corrected chi connectivity index (χ3v) is 3.27. The number of non-ortho nitro benzene ring substituents is 1. The van der Waals surface area contributed by atoms with E-state index in [4.69, 9.17) is 0 Å². The highest BCUT2D eigenvalue weighted by molar-refractivity contribution is 5.52. The zero-order valence-corrected chi connectivity index (χ0v) is 10.1. The van der Waals surface area contributed by atoms with Gasteiger partial charge in [0.05, 0.1) is 4.92 Å². The molecule has 1 saturated heterocycles. The molecular formula is C12H13F3N2O2. The number of nitro groups is 1. The van der Waals surface area contributed by atoms with Gasteiger partial charge in [0.1, 0.15) is 6.04 Å². The van der Waals surface area contributed by atoms with Gasteiger partial charge in [-0.1, -0.05) is 0 Å². The van der Waals surface area contributed by atoms with Crippen LogP contribution in [0.25, 0.3) is 0 Å². The molecule has 0 aromatic heterocycles. The zero-order valence-electron chi connectivity index (χ0n) is 10.1. The number of hydrogen-bond donors (Lipinski definition) is 0. The number of hydrogen-bond acceptors (Lipinski definition) is 3. The zero-order chi connectivity index (χ0) is 14.0. The highest BCUT2D eigenvalue weighted by atomic mass is 19.4. The predicted molar refractivity (Wildman–Crippen MR) is 64.1 cm³/mol. The maximum atomic E-state index is 12.9. The van der Waals surface area contributed by atoms with Gasteiger partial charge < -0.3 is 4.90 Å². The van der Waals surface area contributed by atoms with Crippen molar-refractivity contribution in [1.29, 1.82) is 0 Å². The Bertz CT molecular complexity index is 459. The molecule has 104 valence electrons. The molecule has 0 saturated carbocycles. The van der Waals surface area contributed by atoms with E-state index in [9.17, 15) is 23.3 Å². The van der Waals surface area contributed by atoms with Crippen molar-refractivity contribution in [2.24, 2.45) is 0 Å². The van der Waals surface area contributed by atoms with E-state index >= 15 is 0 Å². The Hall–Kier alpha value is -1.79. The van der Waals surface area contributed by atoms with Crippen LogP contribution < -0.4 is 4.90 Å². The van der Waals surface area contributed by atoms with Gasteiger partial charge in [-0.2, -0.15) is 13.2 Å². The summed E-state index contributed by atoms with van der Waals surface area (Å²) in [4.78, 5) is 11.2. The van der Waals surface area contributed by atoms with Gasteiger partial charge in [-0.3, -0.25) is 10.1 Å². The Balaban J connectivity index is 2.25. The second-order valence-electron chi connectivity index (χ2n) is 4.52. The van der Waals surface area contributed by atoms with E-state index in [2.05, 4.69) is 0 Å². The largest absolute Gasteiger partial charge is 0.408 e. The molecule has 0 bridgehead atoms. The second kappa shape index (κ2) is 5.07. The average molecular weight is 274 g/mol. The number of nitro benzene ring substituents is 1. The van der Waals surface area contributed by atoms with Crippen LogP contribution in [0.4, 0.5) is 24.5 Å². The highest BCUT2D eigenvalue weighted by Gasteiger charge is 2.44. The van der Waals surface area contributed by atoms with Gasteiger partial charge in [0.15, 0.2) is 0 Å². The van der Waals surface area contributed by atoms with Crippen LogP contribution in [-0.4, -0.2) is 23.7 Å². The van der Waals surface area contributed by atoms with Crippen LogP contribution in [0.1, 0.15) is 19.3 Å². The predicted octanol–water partition coefficient (Wildman–Crippen LogP) is 3.52. The Morgan fingerprint density at radius 3 is 2.37 bits per heavy atom. The topological polar surface area (TPSA) is 46.4 Å². The number of rotatable bonds is 2. The molecule has 4 nitrogen and oxygen atoms in total. The Morgan fingerprint density at radius 1 is 1.21 bits per heavy atom. The molecule has 2 rings (SSSR count). The summed E-state index contributed by atoms with van der Waals surface area (Å²) in [5, 5.41) is 10.5. The number of piperidine rings is 1. The van der Waals surface area contributed by atoms with Crippen LogP contribution in [0.15, 0.2) is 24.3 Å². The standard InChI is InChI=1S/C12H13F3N2O2/c13-12(14,15)11-3-1-2-8-16(11)9-4-6-10(7-5-9)17(18)19/h4-7,11H,1-3,8H2/t11-/m0/s1. The fraction of sp³-hybridized carbons (Fsp3) is 0.500. The molecular weight excluding hydrogens is 261 g/mol. The van der Waals surface area contributed by atoms with Crippen LogP contribution in [-0.2, 0) is 0 Å². The lowest BCUT2D eigenvalue weighted by Crippen LogP contribution is -2.48. The minimum Gasteiger partial charge on any atom is -0.360 e. The molecule has 1 aliphatic heterocycles. The van der Waals surface area contributed by atoms with E-state index in [1.54, 1.807) is 0 Å². The SMILES string of the molecule is O=[N+]([O-])c1ccc(N2CCCC[C@H]2C(F)(F)F)cc1. The summed E-state index contributed by atoms with van der Waals surface area (Å²) in [6.45, 7) is 0.321. The summed E-state index contributed by atoms with van der Waals surface area (Å²) in [6.07, 6.45) is -2.96. The third kappa shape index (κ3) is 2.97. The molecule has 0 unspecified atom stereocenters. The molecule has 0 radical (unpaired) electrons. The van der Waals surface area contributed by atoms with Crippen LogP contribution in [0, 0.1) is 10.1 Å². The molecule has 1 fully saturated rings. The van der Waals surface area contributed by atoms with E-state index < -0.39 is 17.1 Å². The Labute approximate surface area is 108 Å². The Kier molecular flexibility index (Phi) is 3.64. The average Bonchev–Trinajstić information content (AvgIpc) is 2.38. The van der Waals surface area contributed by atoms with Crippen molar-refractivity contribution in [3.63, 3.8) is 0 Å². The number of nitrogens with zero attached hydrogens (tertiary/aromatic N) is 2. The first-order valence-corrected chi connectivity index (χ1v) is 5.97. The van der Waals surface area contributed by atoms with E-state index in [1.807, 2.05) is 0 Å².